The molecule has 1 aromatic heterocycles. The molecule has 1 saturated heterocycles. The van der Waals surface area contributed by atoms with Gasteiger partial charge in [-0.15, -0.1) is 0 Å². The second kappa shape index (κ2) is 7.89. The summed E-state index contributed by atoms with van der Waals surface area (Å²) in [5.41, 5.74) is 2.04. The Morgan fingerprint density at radius 2 is 2.22 bits per heavy atom. The minimum absolute atomic E-state index is 0.0161. The second-order valence-electron chi connectivity index (χ2n) is 6.86. The van der Waals surface area contributed by atoms with E-state index in [1.807, 2.05) is 6.07 Å². The third-order valence-electron chi connectivity index (χ3n) is 5.02. The minimum atomic E-state index is -0.181. The number of carbonyl (C=O) groups is 2. The van der Waals surface area contributed by atoms with E-state index in [1.54, 1.807) is 35.9 Å². The number of piperidine rings is 1. The van der Waals surface area contributed by atoms with E-state index in [1.165, 1.54) is 0 Å². The minimum Gasteiger partial charge on any atom is -0.357 e. The molecular formula is C19H22ClN5O2. The van der Waals surface area contributed by atoms with Gasteiger partial charge in [0.2, 0.25) is 5.91 Å². The number of halogens is 1. The summed E-state index contributed by atoms with van der Waals surface area (Å²) < 4.78 is 0. The number of hydrogen-bond acceptors (Lipinski definition) is 3. The number of aromatic nitrogens is 1. The van der Waals surface area contributed by atoms with E-state index < -0.39 is 0 Å². The summed E-state index contributed by atoms with van der Waals surface area (Å²) in [4.78, 5) is 30.7. The molecule has 1 atom stereocenters. The van der Waals surface area contributed by atoms with Crippen LogP contribution in [0.1, 0.15) is 31.0 Å². The van der Waals surface area contributed by atoms with E-state index in [0.717, 1.165) is 36.0 Å². The molecule has 3 rings (SSSR count). The number of hydrogen-bond donors (Lipinski definition) is 2. The van der Waals surface area contributed by atoms with Crippen molar-refractivity contribution < 1.29 is 9.59 Å². The van der Waals surface area contributed by atoms with Gasteiger partial charge in [0.05, 0.1) is 23.2 Å². The van der Waals surface area contributed by atoms with Crippen LogP contribution in [0.2, 0.25) is 5.02 Å². The summed E-state index contributed by atoms with van der Waals surface area (Å²) >= 11 is 6.06. The van der Waals surface area contributed by atoms with Gasteiger partial charge in [-0.1, -0.05) is 11.6 Å². The van der Waals surface area contributed by atoms with Gasteiger partial charge in [0.15, 0.2) is 0 Å². The van der Waals surface area contributed by atoms with Crippen molar-refractivity contribution >= 4 is 34.4 Å². The molecule has 0 radical (unpaired) electrons. The maximum Gasteiger partial charge on any atom is 0.317 e. The first kappa shape index (κ1) is 19.1. The molecule has 27 heavy (non-hydrogen) atoms. The summed E-state index contributed by atoms with van der Waals surface area (Å²) in [5.74, 6) is 0.0435. The third kappa shape index (κ3) is 4.17. The van der Waals surface area contributed by atoms with Gasteiger partial charge >= 0.3 is 6.03 Å². The Labute approximate surface area is 162 Å². The van der Waals surface area contributed by atoms with Crippen LogP contribution in [-0.2, 0) is 11.3 Å². The van der Waals surface area contributed by atoms with Crippen molar-refractivity contribution in [1.82, 2.24) is 20.1 Å². The Morgan fingerprint density at radius 3 is 2.93 bits per heavy atom. The molecule has 0 saturated carbocycles. The van der Waals surface area contributed by atoms with Crippen molar-refractivity contribution in [3.8, 4) is 6.07 Å². The van der Waals surface area contributed by atoms with Crippen LogP contribution in [0.3, 0.4) is 0 Å². The summed E-state index contributed by atoms with van der Waals surface area (Å²) in [6.07, 6.45) is 1.78. The Balaban J connectivity index is 1.62. The molecule has 0 spiro atoms. The SMILES string of the molecule is CC(=O)N1CCC[C@@H](N(C)C(=O)NCc2cc3cc(Cl)c(C#N)cc3[nH]2)C1. The van der Waals surface area contributed by atoms with Gasteiger partial charge in [-0.25, -0.2) is 4.79 Å². The number of urea groups is 1. The Morgan fingerprint density at radius 1 is 1.44 bits per heavy atom. The summed E-state index contributed by atoms with van der Waals surface area (Å²) in [5, 5.41) is 13.3. The average Bonchev–Trinajstić information content (AvgIpc) is 3.06. The summed E-state index contributed by atoms with van der Waals surface area (Å²) in [6, 6.07) is 7.23. The fourth-order valence-electron chi connectivity index (χ4n) is 3.41. The van der Waals surface area contributed by atoms with Gasteiger partial charge < -0.3 is 20.1 Å². The monoisotopic (exact) mass is 387 g/mol. The van der Waals surface area contributed by atoms with Crippen LogP contribution in [0, 0.1) is 11.3 Å². The number of benzene rings is 1. The first-order chi connectivity index (χ1) is 12.9. The number of carbonyl (C=O) groups excluding carboxylic acids is 2. The highest BCUT2D eigenvalue weighted by molar-refractivity contribution is 6.32. The number of aromatic amines is 1. The molecule has 3 amide bonds. The number of amides is 3. The molecule has 0 bridgehead atoms. The molecule has 142 valence electrons. The largest absolute Gasteiger partial charge is 0.357 e. The zero-order valence-electron chi connectivity index (χ0n) is 15.4. The van der Waals surface area contributed by atoms with Crippen LogP contribution in [0.25, 0.3) is 10.9 Å². The van der Waals surface area contributed by atoms with Crippen LogP contribution in [0.15, 0.2) is 18.2 Å². The number of nitriles is 1. The molecular weight excluding hydrogens is 366 g/mol. The van der Waals surface area contributed by atoms with Crippen LogP contribution in [0.4, 0.5) is 4.79 Å². The lowest BCUT2D eigenvalue weighted by molar-refractivity contribution is -0.130. The smallest absolute Gasteiger partial charge is 0.317 e. The van der Waals surface area contributed by atoms with E-state index in [2.05, 4.69) is 16.4 Å². The lowest BCUT2D eigenvalue weighted by Gasteiger charge is -2.37. The van der Waals surface area contributed by atoms with Crippen LogP contribution in [-0.4, -0.2) is 52.9 Å². The highest BCUT2D eigenvalue weighted by Crippen LogP contribution is 2.24. The van der Waals surface area contributed by atoms with E-state index in [0.29, 0.717) is 23.7 Å². The molecule has 7 nitrogen and oxygen atoms in total. The van der Waals surface area contributed by atoms with Gasteiger partial charge in [0.1, 0.15) is 6.07 Å². The van der Waals surface area contributed by atoms with E-state index >= 15 is 0 Å². The Hall–Kier alpha value is -2.72. The normalized spacial score (nSPS) is 16.8. The number of likely N-dealkylation sites (tertiary alicyclic amines) is 1. The first-order valence-electron chi connectivity index (χ1n) is 8.86. The number of nitrogens with one attached hydrogen (secondary N) is 2. The molecule has 0 unspecified atom stereocenters. The molecule has 1 fully saturated rings. The highest BCUT2D eigenvalue weighted by Gasteiger charge is 2.27. The maximum atomic E-state index is 12.5. The van der Waals surface area contributed by atoms with E-state index in [9.17, 15) is 9.59 Å². The number of H-pyrrole nitrogens is 1. The predicted molar refractivity (Wildman–Crippen MR) is 103 cm³/mol. The number of fused-ring (bicyclic) bond motifs is 1. The molecule has 0 aliphatic carbocycles. The molecule has 8 heteroatoms. The van der Waals surface area contributed by atoms with Crippen molar-refractivity contribution in [3.63, 3.8) is 0 Å². The maximum absolute atomic E-state index is 12.5. The standard InChI is InChI=1S/C19H22ClN5O2/c1-12(26)25-5-3-4-16(11-25)24(2)19(27)22-10-15-6-13-7-17(20)14(9-21)8-18(13)23-15/h6-8,16,23H,3-5,10-11H2,1-2H3,(H,22,27)/t16-/m1/s1. The fraction of sp³-hybridized carbons (Fsp3) is 0.421. The first-order valence-corrected chi connectivity index (χ1v) is 9.24. The second-order valence-corrected chi connectivity index (χ2v) is 7.26. The van der Waals surface area contributed by atoms with Crippen molar-refractivity contribution in [2.24, 2.45) is 0 Å². The Kier molecular flexibility index (Phi) is 5.57. The predicted octanol–water partition coefficient (Wildman–Crippen LogP) is 2.85. The molecule has 1 aliphatic heterocycles. The van der Waals surface area contributed by atoms with E-state index in [4.69, 9.17) is 16.9 Å². The lowest BCUT2D eigenvalue weighted by atomic mass is 10.0. The average molecular weight is 388 g/mol. The van der Waals surface area contributed by atoms with Crippen LogP contribution < -0.4 is 5.32 Å². The molecule has 2 heterocycles. The highest BCUT2D eigenvalue weighted by atomic mass is 35.5. The Bertz CT molecular complexity index is 917. The van der Waals surface area contributed by atoms with Gasteiger partial charge in [0.25, 0.3) is 0 Å². The van der Waals surface area contributed by atoms with Gasteiger partial charge in [0, 0.05) is 43.7 Å². The lowest BCUT2D eigenvalue weighted by Crippen LogP contribution is -2.52. The van der Waals surface area contributed by atoms with E-state index in [-0.39, 0.29) is 18.0 Å². The van der Waals surface area contributed by atoms with Crippen LogP contribution in [0.5, 0.6) is 0 Å². The fourth-order valence-corrected chi connectivity index (χ4v) is 3.63. The van der Waals surface area contributed by atoms with Crippen molar-refractivity contribution in [1.29, 1.82) is 5.26 Å². The van der Waals surface area contributed by atoms with Crippen molar-refractivity contribution in [2.75, 3.05) is 20.1 Å². The van der Waals surface area contributed by atoms with Gasteiger partial charge in [-0.3, -0.25) is 4.79 Å². The van der Waals surface area contributed by atoms with Gasteiger partial charge in [-0.05, 0) is 31.0 Å². The van der Waals surface area contributed by atoms with Crippen molar-refractivity contribution in [3.05, 3.63) is 34.5 Å². The van der Waals surface area contributed by atoms with Crippen LogP contribution >= 0.6 is 11.6 Å². The topological polar surface area (TPSA) is 92.2 Å². The van der Waals surface area contributed by atoms with Crippen molar-refractivity contribution in [2.45, 2.75) is 32.4 Å². The molecule has 1 aliphatic rings. The molecule has 2 aromatic rings. The zero-order valence-corrected chi connectivity index (χ0v) is 16.1. The number of rotatable bonds is 3. The number of likely N-dealkylation sites (N-methyl/N-ethyl adjacent to an activating group) is 1. The summed E-state index contributed by atoms with van der Waals surface area (Å²) in [7, 11) is 1.76. The summed E-state index contributed by atoms with van der Waals surface area (Å²) in [6.45, 7) is 3.22. The molecule has 2 N–H and O–H groups in total. The zero-order chi connectivity index (χ0) is 19.6. The third-order valence-corrected chi connectivity index (χ3v) is 5.34. The quantitative estimate of drug-likeness (QED) is 0.848. The number of nitrogens with zero attached hydrogens (tertiary/aromatic N) is 3. The molecule has 1 aromatic carbocycles. The van der Waals surface area contributed by atoms with Gasteiger partial charge in [-0.2, -0.15) is 5.26 Å².